The molecule has 88 valence electrons. The van der Waals surface area contributed by atoms with E-state index in [1.165, 1.54) is 44.3 Å². The number of hydrogen-bond donors (Lipinski definition) is 1. The van der Waals surface area contributed by atoms with E-state index in [1.54, 1.807) is 0 Å². The van der Waals surface area contributed by atoms with Gasteiger partial charge < -0.3 is 5.32 Å². The quantitative estimate of drug-likeness (QED) is 0.792. The fourth-order valence-corrected chi connectivity index (χ4v) is 4.20. The number of thioether (sulfide) groups is 1. The fourth-order valence-electron chi connectivity index (χ4n) is 2.99. The van der Waals surface area contributed by atoms with Crippen molar-refractivity contribution < 1.29 is 0 Å². The van der Waals surface area contributed by atoms with Gasteiger partial charge in [-0.1, -0.05) is 20.3 Å². The van der Waals surface area contributed by atoms with Crippen LogP contribution >= 0.6 is 11.8 Å². The Morgan fingerprint density at radius 1 is 1.13 bits per heavy atom. The first kappa shape index (κ1) is 11.8. The third kappa shape index (κ3) is 3.13. The highest BCUT2D eigenvalue weighted by atomic mass is 32.2. The summed E-state index contributed by atoms with van der Waals surface area (Å²) in [6.07, 6.45) is 8.55. The molecule has 1 aliphatic carbocycles. The van der Waals surface area contributed by atoms with Gasteiger partial charge >= 0.3 is 0 Å². The van der Waals surface area contributed by atoms with Crippen LogP contribution in [0, 0.1) is 5.92 Å². The summed E-state index contributed by atoms with van der Waals surface area (Å²) in [5, 5.41) is 4.73. The van der Waals surface area contributed by atoms with E-state index in [1.807, 2.05) is 0 Å². The van der Waals surface area contributed by atoms with Gasteiger partial charge in [-0.2, -0.15) is 11.8 Å². The Hall–Kier alpha value is 0.310. The largest absolute Gasteiger partial charge is 0.310 e. The molecule has 0 radical (unpaired) electrons. The molecule has 1 nitrogen and oxygen atoms in total. The maximum Gasteiger partial charge on any atom is 0.0194 e. The average molecular weight is 227 g/mol. The highest BCUT2D eigenvalue weighted by Crippen LogP contribution is 2.30. The Labute approximate surface area is 98.8 Å². The van der Waals surface area contributed by atoms with E-state index in [0.717, 1.165) is 23.3 Å². The molecule has 15 heavy (non-hydrogen) atoms. The van der Waals surface area contributed by atoms with Crippen molar-refractivity contribution in [1.82, 2.24) is 5.32 Å². The lowest BCUT2D eigenvalue weighted by Gasteiger charge is -2.31. The van der Waals surface area contributed by atoms with Gasteiger partial charge in [0.2, 0.25) is 0 Å². The first-order valence-corrected chi connectivity index (χ1v) is 7.72. The van der Waals surface area contributed by atoms with Gasteiger partial charge in [-0.15, -0.1) is 0 Å². The highest BCUT2D eigenvalue weighted by Gasteiger charge is 2.28. The van der Waals surface area contributed by atoms with Crippen molar-refractivity contribution in [3.63, 3.8) is 0 Å². The van der Waals surface area contributed by atoms with Crippen molar-refractivity contribution in [3.05, 3.63) is 0 Å². The van der Waals surface area contributed by atoms with Crippen LogP contribution in [0.15, 0.2) is 0 Å². The van der Waals surface area contributed by atoms with Crippen LogP contribution < -0.4 is 5.32 Å². The SMILES string of the molecule is CCC1CCC(NC2CCSC2C)CC1. The molecule has 0 aromatic rings. The van der Waals surface area contributed by atoms with Gasteiger partial charge in [0, 0.05) is 17.3 Å². The Morgan fingerprint density at radius 2 is 1.87 bits per heavy atom. The number of nitrogens with one attached hydrogen (secondary N) is 1. The van der Waals surface area contributed by atoms with Gasteiger partial charge in [-0.05, 0) is 43.8 Å². The molecule has 0 amide bonds. The minimum atomic E-state index is 0.804. The van der Waals surface area contributed by atoms with Crippen LogP contribution in [-0.4, -0.2) is 23.1 Å². The number of rotatable bonds is 3. The van der Waals surface area contributed by atoms with E-state index < -0.39 is 0 Å². The third-order valence-electron chi connectivity index (χ3n) is 4.25. The van der Waals surface area contributed by atoms with Crippen LogP contribution in [-0.2, 0) is 0 Å². The first-order chi connectivity index (χ1) is 7.29. The van der Waals surface area contributed by atoms with E-state index in [9.17, 15) is 0 Å². The lowest BCUT2D eigenvalue weighted by Crippen LogP contribution is -2.43. The summed E-state index contributed by atoms with van der Waals surface area (Å²) in [5.74, 6) is 2.39. The Morgan fingerprint density at radius 3 is 2.40 bits per heavy atom. The second-order valence-electron chi connectivity index (χ2n) is 5.26. The summed E-state index contributed by atoms with van der Waals surface area (Å²) in [4.78, 5) is 0. The number of hydrogen-bond acceptors (Lipinski definition) is 2. The lowest BCUT2D eigenvalue weighted by molar-refractivity contribution is 0.268. The van der Waals surface area contributed by atoms with Crippen LogP contribution in [0.2, 0.25) is 0 Å². The summed E-state index contributed by atoms with van der Waals surface area (Å²) in [7, 11) is 0. The molecule has 2 aliphatic rings. The van der Waals surface area contributed by atoms with E-state index in [0.29, 0.717) is 0 Å². The zero-order chi connectivity index (χ0) is 10.7. The van der Waals surface area contributed by atoms with Crippen LogP contribution in [0.5, 0.6) is 0 Å². The monoisotopic (exact) mass is 227 g/mol. The van der Waals surface area contributed by atoms with E-state index in [4.69, 9.17) is 0 Å². The molecule has 1 aliphatic heterocycles. The average Bonchev–Trinajstić information content (AvgIpc) is 2.66. The van der Waals surface area contributed by atoms with Crippen LogP contribution in [0.4, 0.5) is 0 Å². The van der Waals surface area contributed by atoms with Crippen LogP contribution in [0.25, 0.3) is 0 Å². The van der Waals surface area contributed by atoms with E-state index in [2.05, 4.69) is 30.9 Å². The molecule has 0 aromatic carbocycles. The molecule has 1 N–H and O–H groups in total. The van der Waals surface area contributed by atoms with Crippen molar-refractivity contribution in [3.8, 4) is 0 Å². The normalized spacial score (nSPS) is 42.0. The summed E-state index contributed by atoms with van der Waals surface area (Å²) >= 11 is 2.14. The molecule has 0 spiro atoms. The third-order valence-corrected chi connectivity index (χ3v) is 5.58. The molecule has 2 heteroatoms. The second-order valence-corrected chi connectivity index (χ2v) is 6.75. The molecule has 2 unspecified atom stereocenters. The van der Waals surface area contributed by atoms with Crippen molar-refractivity contribution >= 4 is 11.8 Å². The zero-order valence-corrected chi connectivity index (χ0v) is 11.0. The minimum absolute atomic E-state index is 0.804. The summed E-state index contributed by atoms with van der Waals surface area (Å²) in [6, 6.07) is 1.64. The summed E-state index contributed by atoms with van der Waals surface area (Å²) < 4.78 is 0. The lowest BCUT2D eigenvalue weighted by atomic mass is 9.84. The van der Waals surface area contributed by atoms with E-state index >= 15 is 0 Å². The predicted octanol–water partition coefficient (Wildman–Crippen LogP) is 3.44. The van der Waals surface area contributed by atoms with Crippen LogP contribution in [0.1, 0.15) is 52.4 Å². The minimum Gasteiger partial charge on any atom is -0.310 e. The molecule has 0 aromatic heterocycles. The fraction of sp³-hybridized carbons (Fsp3) is 1.00. The zero-order valence-electron chi connectivity index (χ0n) is 10.2. The smallest absolute Gasteiger partial charge is 0.0194 e. The Balaban J connectivity index is 1.72. The van der Waals surface area contributed by atoms with Crippen molar-refractivity contribution in [2.45, 2.75) is 69.7 Å². The summed E-state index contributed by atoms with van der Waals surface area (Å²) in [5.41, 5.74) is 0. The highest BCUT2D eigenvalue weighted by molar-refractivity contribution is 8.00. The van der Waals surface area contributed by atoms with E-state index in [-0.39, 0.29) is 0 Å². The molecule has 2 rings (SSSR count). The Bertz CT molecular complexity index is 187. The maximum absolute atomic E-state index is 3.89. The van der Waals surface area contributed by atoms with Gasteiger partial charge in [0.05, 0.1) is 0 Å². The standard InChI is InChI=1S/C13H25NS/c1-3-11-4-6-12(7-5-11)14-13-8-9-15-10(13)2/h10-14H,3-9H2,1-2H3. The van der Waals surface area contributed by atoms with Gasteiger partial charge in [-0.3, -0.25) is 0 Å². The molecule has 0 bridgehead atoms. The van der Waals surface area contributed by atoms with Crippen LogP contribution in [0.3, 0.4) is 0 Å². The maximum atomic E-state index is 3.89. The topological polar surface area (TPSA) is 12.0 Å². The molecular weight excluding hydrogens is 202 g/mol. The first-order valence-electron chi connectivity index (χ1n) is 6.67. The molecular formula is C13H25NS. The van der Waals surface area contributed by atoms with Gasteiger partial charge in [0.15, 0.2) is 0 Å². The second kappa shape index (κ2) is 5.58. The summed E-state index contributed by atoms with van der Waals surface area (Å²) in [6.45, 7) is 4.72. The Kier molecular flexibility index (Phi) is 4.39. The van der Waals surface area contributed by atoms with Gasteiger partial charge in [-0.25, -0.2) is 0 Å². The van der Waals surface area contributed by atoms with Crippen molar-refractivity contribution in [2.24, 2.45) is 5.92 Å². The molecule has 1 saturated heterocycles. The van der Waals surface area contributed by atoms with Crippen molar-refractivity contribution in [2.75, 3.05) is 5.75 Å². The van der Waals surface area contributed by atoms with Gasteiger partial charge in [0.25, 0.3) is 0 Å². The molecule has 2 fully saturated rings. The molecule has 2 atom stereocenters. The van der Waals surface area contributed by atoms with Crippen molar-refractivity contribution in [1.29, 1.82) is 0 Å². The van der Waals surface area contributed by atoms with Gasteiger partial charge in [0.1, 0.15) is 0 Å². The molecule has 1 saturated carbocycles. The predicted molar refractivity (Wildman–Crippen MR) is 69.5 cm³/mol. The molecule has 1 heterocycles.